The van der Waals surface area contributed by atoms with Crippen molar-refractivity contribution in [3.05, 3.63) is 99.1 Å². The summed E-state index contributed by atoms with van der Waals surface area (Å²) in [7, 11) is 0. The van der Waals surface area contributed by atoms with Gasteiger partial charge in [-0.1, -0.05) is 54.1 Å². The molecule has 3 aromatic carbocycles. The van der Waals surface area contributed by atoms with Gasteiger partial charge < -0.3 is 15.1 Å². The van der Waals surface area contributed by atoms with E-state index < -0.39 is 0 Å². The van der Waals surface area contributed by atoms with Crippen molar-refractivity contribution in [1.29, 1.82) is 0 Å². The van der Waals surface area contributed by atoms with Crippen LogP contribution in [0, 0.1) is 16.0 Å². The highest BCUT2D eigenvalue weighted by atomic mass is 35.5. The first-order valence-electron chi connectivity index (χ1n) is 11.8. The average Bonchev–Trinajstić information content (AvgIpc) is 2.88. The molecule has 1 amide bonds. The Morgan fingerprint density at radius 2 is 1.80 bits per heavy atom. The molecule has 1 saturated heterocycles. The molecule has 0 saturated carbocycles. The number of nitrogens with zero attached hydrogens (tertiary/aromatic N) is 3. The third kappa shape index (κ3) is 4.56. The van der Waals surface area contributed by atoms with Gasteiger partial charge in [-0.15, -0.1) is 0 Å². The van der Waals surface area contributed by atoms with E-state index in [2.05, 4.69) is 15.1 Å². The highest BCUT2D eigenvalue weighted by molar-refractivity contribution is 6.33. The summed E-state index contributed by atoms with van der Waals surface area (Å²) in [6, 6.07) is 22.4. The Hall–Kier alpha value is -3.58. The standard InChI is InChI=1S/C27H27ClN4O3/c1-18(19-7-3-2-4-8-19)29-27(33)22-16-20-15-21(32(34)35)11-12-24(20)31-14-13-30(17-26(22)31)25-10-6-5-9-23(25)28/h2-12,15,18,22,26H,13-14,16-17H2,1H3,(H,29,33)/t18-,22+,26-/m0/s1. The van der Waals surface area contributed by atoms with E-state index in [0.29, 0.717) is 24.5 Å². The van der Waals surface area contributed by atoms with Gasteiger partial charge in [0.25, 0.3) is 5.69 Å². The van der Waals surface area contributed by atoms with Gasteiger partial charge in [-0.25, -0.2) is 0 Å². The SMILES string of the molecule is C[C@H](NC(=O)[C@@H]1Cc2cc([N+](=O)[O-])ccc2N2CCN(c3ccccc3Cl)C[C@@H]12)c1ccccc1. The number of nitro groups is 1. The lowest BCUT2D eigenvalue weighted by atomic mass is 9.82. The van der Waals surface area contributed by atoms with Crippen molar-refractivity contribution in [2.75, 3.05) is 29.4 Å². The molecule has 2 aliphatic heterocycles. The minimum atomic E-state index is -0.381. The van der Waals surface area contributed by atoms with Crippen molar-refractivity contribution in [1.82, 2.24) is 5.32 Å². The quantitative estimate of drug-likeness (QED) is 0.402. The van der Waals surface area contributed by atoms with Gasteiger partial charge >= 0.3 is 0 Å². The summed E-state index contributed by atoms with van der Waals surface area (Å²) in [4.78, 5) is 29.2. The lowest BCUT2D eigenvalue weighted by Crippen LogP contribution is -2.61. The summed E-state index contributed by atoms with van der Waals surface area (Å²) >= 11 is 6.50. The monoisotopic (exact) mass is 490 g/mol. The van der Waals surface area contributed by atoms with Crippen LogP contribution < -0.4 is 15.1 Å². The fraction of sp³-hybridized carbons (Fsp3) is 0.296. The van der Waals surface area contributed by atoms with Crippen molar-refractivity contribution < 1.29 is 9.72 Å². The molecule has 0 aromatic heterocycles. The molecule has 5 rings (SSSR count). The number of non-ortho nitro benzene ring substituents is 1. The third-order valence-corrected chi connectivity index (χ3v) is 7.41. The third-order valence-electron chi connectivity index (χ3n) is 7.09. The van der Waals surface area contributed by atoms with Gasteiger partial charge in [-0.05, 0) is 42.7 Å². The minimum Gasteiger partial charge on any atom is -0.366 e. The fourth-order valence-electron chi connectivity index (χ4n) is 5.30. The predicted octanol–water partition coefficient (Wildman–Crippen LogP) is 4.99. The second-order valence-corrected chi connectivity index (χ2v) is 9.59. The smallest absolute Gasteiger partial charge is 0.269 e. The molecule has 1 fully saturated rings. The number of anilines is 2. The first-order valence-corrected chi connectivity index (χ1v) is 12.2. The molecular weight excluding hydrogens is 464 g/mol. The van der Waals surface area contributed by atoms with E-state index in [4.69, 9.17) is 11.6 Å². The Labute approximate surface area is 209 Å². The number of hydrogen-bond acceptors (Lipinski definition) is 5. The van der Waals surface area contributed by atoms with Crippen LogP contribution in [-0.4, -0.2) is 36.5 Å². The zero-order chi connectivity index (χ0) is 24.5. The molecule has 0 aliphatic carbocycles. The number of halogens is 1. The number of rotatable bonds is 5. The van der Waals surface area contributed by atoms with Crippen molar-refractivity contribution in [2.24, 2.45) is 5.92 Å². The Morgan fingerprint density at radius 1 is 1.06 bits per heavy atom. The van der Waals surface area contributed by atoms with E-state index in [1.807, 2.05) is 67.6 Å². The number of carbonyl (C=O) groups excluding carboxylic acids is 1. The number of piperazine rings is 1. The predicted molar refractivity (Wildman–Crippen MR) is 138 cm³/mol. The van der Waals surface area contributed by atoms with Gasteiger partial charge in [-0.2, -0.15) is 0 Å². The van der Waals surface area contributed by atoms with Crippen molar-refractivity contribution in [2.45, 2.75) is 25.4 Å². The van der Waals surface area contributed by atoms with Crippen LogP contribution in [0.25, 0.3) is 0 Å². The molecule has 8 heteroatoms. The Bertz CT molecular complexity index is 1250. The Balaban J connectivity index is 1.47. The van der Waals surface area contributed by atoms with Crippen LogP contribution in [-0.2, 0) is 11.2 Å². The molecule has 2 heterocycles. The van der Waals surface area contributed by atoms with Crippen molar-refractivity contribution in [3.8, 4) is 0 Å². The van der Waals surface area contributed by atoms with Gasteiger partial charge in [0.2, 0.25) is 5.91 Å². The summed E-state index contributed by atoms with van der Waals surface area (Å²) in [6.45, 7) is 4.05. The van der Waals surface area contributed by atoms with Crippen LogP contribution in [0.1, 0.15) is 24.1 Å². The van der Waals surface area contributed by atoms with E-state index in [-0.39, 0.29) is 34.5 Å². The summed E-state index contributed by atoms with van der Waals surface area (Å²) < 4.78 is 0. The van der Waals surface area contributed by atoms with Gasteiger partial charge in [0.1, 0.15) is 0 Å². The fourth-order valence-corrected chi connectivity index (χ4v) is 5.55. The summed E-state index contributed by atoms with van der Waals surface area (Å²) in [5, 5.41) is 15.3. The Morgan fingerprint density at radius 3 is 2.54 bits per heavy atom. The van der Waals surface area contributed by atoms with Crippen molar-refractivity contribution in [3.63, 3.8) is 0 Å². The molecule has 1 N–H and O–H groups in total. The number of hydrogen-bond donors (Lipinski definition) is 1. The summed E-state index contributed by atoms with van der Waals surface area (Å²) in [5.74, 6) is -0.407. The molecule has 3 aromatic rings. The first-order chi connectivity index (χ1) is 16.9. The molecule has 35 heavy (non-hydrogen) atoms. The van der Waals surface area contributed by atoms with Crippen molar-refractivity contribution >= 4 is 34.6 Å². The molecule has 0 radical (unpaired) electrons. The number of nitro benzene ring substituents is 1. The lowest BCUT2D eigenvalue weighted by molar-refractivity contribution is -0.384. The highest BCUT2D eigenvalue weighted by Gasteiger charge is 2.42. The van der Waals surface area contributed by atoms with E-state index in [9.17, 15) is 14.9 Å². The highest BCUT2D eigenvalue weighted by Crippen LogP contribution is 2.39. The van der Waals surface area contributed by atoms with Crippen LogP contribution in [0.2, 0.25) is 5.02 Å². The number of nitrogens with one attached hydrogen (secondary N) is 1. The number of fused-ring (bicyclic) bond motifs is 3. The maximum atomic E-state index is 13.7. The normalized spacial score (nSPS) is 19.9. The van der Waals surface area contributed by atoms with E-state index >= 15 is 0 Å². The van der Waals surface area contributed by atoms with E-state index in [1.54, 1.807) is 12.1 Å². The zero-order valence-electron chi connectivity index (χ0n) is 19.4. The van der Waals surface area contributed by atoms with Gasteiger partial charge in [0, 0.05) is 37.5 Å². The molecular formula is C27H27ClN4O3. The number of amides is 1. The van der Waals surface area contributed by atoms with Crippen LogP contribution in [0.5, 0.6) is 0 Å². The minimum absolute atomic E-state index is 0.0467. The first kappa shape index (κ1) is 23.2. The molecule has 0 bridgehead atoms. The maximum absolute atomic E-state index is 13.7. The molecule has 2 aliphatic rings. The zero-order valence-corrected chi connectivity index (χ0v) is 20.2. The second-order valence-electron chi connectivity index (χ2n) is 9.18. The molecule has 0 unspecified atom stereocenters. The van der Waals surface area contributed by atoms with Crippen LogP contribution in [0.3, 0.4) is 0 Å². The topological polar surface area (TPSA) is 78.7 Å². The Kier molecular flexibility index (Phi) is 6.34. The maximum Gasteiger partial charge on any atom is 0.269 e. The molecule has 7 nitrogen and oxygen atoms in total. The lowest BCUT2D eigenvalue weighted by Gasteiger charge is -2.49. The number of para-hydroxylation sites is 1. The van der Waals surface area contributed by atoms with Gasteiger partial charge in [0.05, 0.1) is 33.6 Å². The number of carbonyl (C=O) groups is 1. The van der Waals surface area contributed by atoms with Crippen LogP contribution in [0.4, 0.5) is 17.1 Å². The largest absolute Gasteiger partial charge is 0.366 e. The summed E-state index contributed by atoms with van der Waals surface area (Å²) in [5.41, 5.74) is 3.86. The average molecular weight is 491 g/mol. The number of benzene rings is 3. The molecule has 180 valence electrons. The van der Waals surface area contributed by atoms with Crippen LogP contribution >= 0.6 is 11.6 Å². The molecule has 0 spiro atoms. The molecule has 3 atom stereocenters. The van der Waals surface area contributed by atoms with E-state index in [0.717, 1.165) is 29.0 Å². The van der Waals surface area contributed by atoms with Crippen LogP contribution in [0.15, 0.2) is 72.8 Å². The van der Waals surface area contributed by atoms with E-state index in [1.165, 1.54) is 0 Å². The van der Waals surface area contributed by atoms with Gasteiger partial charge in [-0.3, -0.25) is 14.9 Å². The second kappa shape index (κ2) is 9.58. The summed E-state index contributed by atoms with van der Waals surface area (Å²) in [6.07, 6.45) is 0.446. The van der Waals surface area contributed by atoms with Gasteiger partial charge in [0.15, 0.2) is 0 Å².